The lowest BCUT2D eigenvalue weighted by atomic mass is 10.1. The number of carbonyl (C=O) groups is 2. The van der Waals surface area contributed by atoms with Crippen LogP contribution in [0.15, 0.2) is 36.4 Å². The Bertz CT molecular complexity index is 945. The lowest BCUT2D eigenvalue weighted by Gasteiger charge is -2.20. The highest BCUT2D eigenvalue weighted by atomic mass is 16.6. The van der Waals surface area contributed by atoms with Crippen LogP contribution in [0.3, 0.4) is 0 Å². The minimum atomic E-state index is -0.455. The monoisotopic (exact) mass is 398 g/mol. The van der Waals surface area contributed by atoms with E-state index >= 15 is 0 Å². The summed E-state index contributed by atoms with van der Waals surface area (Å²) in [6.07, 6.45) is 0.144. The number of hydrogen-bond donors (Lipinski definition) is 1. The molecule has 1 atom stereocenters. The molecule has 0 bridgehead atoms. The largest absolute Gasteiger partial charge is 0.493 e. The highest BCUT2D eigenvalue weighted by Gasteiger charge is 2.35. The Morgan fingerprint density at radius 3 is 2.55 bits per heavy atom. The molecule has 2 aliphatic rings. The Morgan fingerprint density at radius 1 is 1.03 bits per heavy atom. The minimum Gasteiger partial charge on any atom is -0.493 e. The van der Waals surface area contributed by atoms with Gasteiger partial charge in [0.25, 0.3) is 0 Å². The molecule has 4 rings (SSSR count). The van der Waals surface area contributed by atoms with Gasteiger partial charge in [0, 0.05) is 36.5 Å². The quantitative estimate of drug-likeness (QED) is 0.833. The number of ether oxygens (including phenoxy) is 4. The maximum Gasteiger partial charge on any atom is 0.229 e. The average molecular weight is 398 g/mol. The molecule has 2 aromatic carbocycles. The zero-order chi connectivity index (χ0) is 20.4. The number of carbonyl (C=O) groups excluding carboxylic acids is 2. The van der Waals surface area contributed by atoms with E-state index in [1.165, 1.54) is 7.11 Å². The number of nitrogens with zero attached hydrogens (tertiary/aromatic N) is 1. The fourth-order valence-corrected chi connectivity index (χ4v) is 3.49. The van der Waals surface area contributed by atoms with Gasteiger partial charge in [0.1, 0.15) is 13.2 Å². The van der Waals surface area contributed by atoms with Gasteiger partial charge in [-0.3, -0.25) is 9.59 Å². The van der Waals surface area contributed by atoms with Crippen LogP contribution >= 0.6 is 0 Å². The minimum absolute atomic E-state index is 0.112. The maximum atomic E-state index is 12.7. The van der Waals surface area contributed by atoms with Crippen molar-refractivity contribution in [1.82, 2.24) is 0 Å². The zero-order valence-corrected chi connectivity index (χ0v) is 16.3. The molecule has 0 spiro atoms. The highest BCUT2D eigenvalue weighted by molar-refractivity contribution is 6.03. The molecule has 29 heavy (non-hydrogen) atoms. The molecule has 1 saturated heterocycles. The van der Waals surface area contributed by atoms with Crippen molar-refractivity contribution in [1.29, 1.82) is 0 Å². The van der Waals surface area contributed by atoms with Gasteiger partial charge in [-0.15, -0.1) is 0 Å². The van der Waals surface area contributed by atoms with Gasteiger partial charge in [0.2, 0.25) is 11.8 Å². The van der Waals surface area contributed by atoms with Gasteiger partial charge in [-0.1, -0.05) is 0 Å². The standard InChI is InChI=1S/C21H22N2O6/c1-26-16-6-4-15(11-18(16)27-2)23-12-13(9-20(23)24)21(25)22-14-3-5-17-19(10-14)29-8-7-28-17/h3-6,10-11,13H,7-9,12H2,1-2H3,(H,22,25). The van der Waals surface area contributed by atoms with E-state index in [-0.39, 0.29) is 18.2 Å². The third-order valence-electron chi connectivity index (χ3n) is 4.98. The first-order valence-corrected chi connectivity index (χ1v) is 9.32. The number of amides is 2. The van der Waals surface area contributed by atoms with Crippen LogP contribution in [0.2, 0.25) is 0 Å². The summed E-state index contributed by atoms with van der Waals surface area (Å²) >= 11 is 0. The number of rotatable bonds is 5. The molecule has 0 aliphatic carbocycles. The van der Waals surface area contributed by atoms with Crippen molar-refractivity contribution in [2.45, 2.75) is 6.42 Å². The van der Waals surface area contributed by atoms with Crippen molar-refractivity contribution in [3.63, 3.8) is 0 Å². The van der Waals surface area contributed by atoms with Crippen molar-refractivity contribution in [3.05, 3.63) is 36.4 Å². The Labute approximate surface area is 168 Å². The number of benzene rings is 2. The molecule has 2 aromatic rings. The maximum absolute atomic E-state index is 12.7. The molecule has 8 heteroatoms. The van der Waals surface area contributed by atoms with Crippen LogP contribution in [0, 0.1) is 5.92 Å². The van der Waals surface area contributed by atoms with Crippen molar-refractivity contribution < 1.29 is 28.5 Å². The number of hydrogen-bond acceptors (Lipinski definition) is 6. The van der Waals surface area contributed by atoms with Crippen molar-refractivity contribution in [2.24, 2.45) is 5.92 Å². The third-order valence-corrected chi connectivity index (χ3v) is 4.98. The van der Waals surface area contributed by atoms with Gasteiger partial charge in [-0.05, 0) is 24.3 Å². The van der Waals surface area contributed by atoms with Crippen molar-refractivity contribution in [3.8, 4) is 23.0 Å². The lowest BCUT2D eigenvalue weighted by molar-refractivity contribution is -0.122. The summed E-state index contributed by atoms with van der Waals surface area (Å²) in [5, 5.41) is 2.87. The normalized spacial score (nSPS) is 17.8. The van der Waals surface area contributed by atoms with Crippen LogP contribution < -0.4 is 29.2 Å². The van der Waals surface area contributed by atoms with Gasteiger partial charge >= 0.3 is 0 Å². The average Bonchev–Trinajstić information content (AvgIpc) is 3.15. The van der Waals surface area contributed by atoms with Crippen LogP contribution in [0.5, 0.6) is 23.0 Å². The molecule has 0 radical (unpaired) electrons. The van der Waals surface area contributed by atoms with Crippen molar-refractivity contribution >= 4 is 23.2 Å². The van der Waals surface area contributed by atoms with Crippen molar-refractivity contribution in [2.75, 3.05) is 44.2 Å². The molecule has 2 aliphatic heterocycles. The summed E-state index contributed by atoms with van der Waals surface area (Å²) in [6.45, 7) is 1.28. The van der Waals surface area contributed by atoms with Gasteiger partial charge < -0.3 is 29.2 Å². The van der Waals surface area contributed by atoms with E-state index in [9.17, 15) is 9.59 Å². The fraction of sp³-hybridized carbons (Fsp3) is 0.333. The summed E-state index contributed by atoms with van der Waals surface area (Å²) in [7, 11) is 3.09. The predicted octanol–water partition coefficient (Wildman–Crippen LogP) is 2.47. The summed E-state index contributed by atoms with van der Waals surface area (Å²) in [5.74, 6) is 1.59. The molecule has 2 heterocycles. The smallest absolute Gasteiger partial charge is 0.229 e. The number of methoxy groups -OCH3 is 2. The van der Waals surface area contributed by atoms with E-state index in [0.29, 0.717) is 54.1 Å². The molecular weight excluding hydrogens is 376 g/mol. The lowest BCUT2D eigenvalue weighted by Crippen LogP contribution is -2.28. The Balaban J connectivity index is 1.45. The van der Waals surface area contributed by atoms with Gasteiger partial charge in [0.05, 0.1) is 20.1 Å². The van der Waals surface area contributed by atoms with E-state index < -0.39 is 5.92 Å². The van der Waals surface area contributed by atoms with E-state index in [1.54, 1.807) is 48.4 Å². The first-order valence-electron chi connectivity index (χ1n) is 9.32. The van der Waals surface area contributed by atoms with Crippen LogP contribution in [0.4, 0.5) is 11.4 Å². The topological polar surface area (TPSA) is 86.3 Å². The Kier molecular flexibility index (Phi) is 5.16. The summed E-state index contributed by atoms with van der Waals surface area (Å²) in [6, 6.07) is 10.5. The summed E-state index contributed by atoms with van der Waals surface area (Å²) in [4.78, 5) is 26.8. The summed E-state index contributed by atoms with van der Waals surface area (Å²) in [5.41, 5.74) is 1.28. The second-order valence-corrected chi connectivity index (χ2v) is 6.79. The van der Waals surface area contributed by atoms with Gasteiger partial charge in [0.15, 0.2) is 23.0 Å². The Morgan fingerprint density at radius 2 is 1.79 bits per heavy atom. The van der Waals surface area contributed by atoms with Crippen LogP contribution in [-0.2, 0) is 9.59 Å². The number of fused-ring (bicyclic) bond motifs is 1. The second-order valence-electron chi connectivity index (χ2n) is 6.79. The molecule has 1 fully saturated rings. The fourth-order valence-electron chi connectivity index (χ4n) is 3.49. The second kappa shape index (κ2) is 7.90. The van der Waals surface area contributed by atoms with E-state index in [4.69, 9.17) is 18.9 Å². The zero-order valence-electron chi connectivity index (χ0n) is 16.3. The van der Waals surface area contributed by atoms with E-state index in [1.807, 2.05) is 0 Å². The van der Waals surface area contributed by atoms with Crippen LogP contribution in [-0.4, -0.2) is 45.8 Å². The first-order chi connectivity index (χ1) is 14.1. The molecule has 8 nitrogen and oxygen atoms in total. The van der Waals surface area contributed by atoms with Crippen LogP contribution in [0.1, 0.15) is 6.42 Å². The molecule has 0 saturated carbocycles. The number of anilines is 2. The SMILES string of the molecule is COc1ccc(N2CC(C(=O)Nc3ccc4c(c3)OCCO4)CC2=O)cc1OC. The van der Waals surface area contributed by atoms with Gasteiger partial charge in [-0.2, -0.15) is 0 Å². The first kappa shape index (κ1) is 18.9. The molecule has 2 amide bonds. The Hall–Kier alpha value is -3.42. The van der Waals surface area contributed by atoms with E-state index in [0.717, 1.165) is 0 Å². The molecular formula is C21H22N2O6. The molecule has 1 unspecified atom stereocenters. The predicted molar refractivity (Wildman–Crippen MR) is 106 cm³/mol. The van der Waals surface area contributed by atoms with E-state index in [2.05, 4.69) is 5.32 Å². The molecule has 0 aromatic heterocycles. The number of nitrogens with one attached hydrogen (secondary N) is 1. The van der Waals surface area contributed by atoms with Crippen LogP contribution in [0.25, 0.3) is 0 Å². The molecule has 152 valence electrons. The highest BCUT2D eigenvalue weighted by Crippen LogP contribution is 2.35. The molecule has 1 N–H and O–H groups in total. The summed E-state index contributed by atoms with van der Waals surface area (Å²) < 4.78 is 21.6. The van der Waals surface area contributed by atoms with Gasteiger partial charge in [-0.25, -0.2) is 0 Å². The third kappa shape index (κ3) is 3.78.